The van der Waals surface area contributed by atoms with Gasteiger partial charge in [-0.05, 0) is 36.8 Å². The van der Waals surface area contributed by atoms with Gasteiger partial charge in [0.25, 0.3) is 0 Å². The Balaban J connectivity index is 1.79. The van der Waals surface area contributed by atoms with Crippen molar-refractivity contribution in [2.75, 3.05) is 6.54 Å². The molecule has 0 radical (unpaired) electrons. The first-order chi connectivity index (χ1) is 14.1. The molecule has 158 valence electrons. The van der Waals surface area contributed by atoms with Crippen molar-refractivity contribution in [1.29, 1.82) is 0 Å². The quantitative estimate of drug-likeness (QED) is 0.668. The van der Waals surface area contributed by atoms with Gasteiger partial charge < -0.3 is 19.5 Å². The summed E-state index contributed by atoms with van der Waals surface area (Å²) in [6, 6.07) is 3.08. The van der Waals surface area contributed by atoms with Crippen LogP contribution in [0.3, 0.4) is 0 Å². The van der Waals surface area contributed by atoms with Crippen molar-refractivity contribution in [3.63, 3.8) is 0 Å². The fourth-order valence-corrected chi connectivity index (χ4v) is 4.31. The fourth-order valence-electron chi connectivity index (χ4n) is 4.31. The van der Waals surface area contributed by atoms with Gasteiger partial charge in [0.2, 0.25) is 11.8 Å². The van der Waals surface area contributed by atoms with Crippen LogP contribution in [-0.4, -0.2) is 29.3 Å². The molecular weight excluding hydrogens is 384 g/mol. The summed E-state index contributed by atoms with van der Waals surface area (Å²) in [5.41, 5.74) is 7.91. The lowest BCUT2D eigenvalue weighted by Crippen LogP contribution is -2.44. The van der Waals surface area contributed by atoms with Gasteiger partial charge in [-0.3, -0.25) is 9.59 Å². The topological polar surface area (TPSA) is 107 Å². The standard InChI is InChI=1S/C23H26N2O5/c1-12-13-8-15-16(23(2,3)4)11-29-18(15)10-19(13)30-22(28)14(12)9-20(26)25-7-5-6-17(25)21(24)27/h8,10-11,17H,5-7,9H2,1-4H3,(H2,24,27). The summed E-state index contributed by atoms with van der Waals surface area (Å²) in [6.45, 7) is 8.60. The van der Waals surface area contributed by atoms with E-state index in [1.807, 2.05) is 13.0 Å². The third-order valence-electron chi connectivity index (χ3n) is 6.02. The summed E-state index contributed by atoms with van der Waals surface area (Å²) in [6.07, 6.45) is 2.89. The normalized spacial score (nSPS) is 17.2. The van der Waals surface area contributed by atoms with Crippen molar-refractivity contribution in [3.8, 4) is 0 Å². The van der Waals surface area contributed by atoms with E-state index in [1.165, 1.54) is 4.90 Å². The zero-order valence-electron chi connectivity index (χ0n) is 17.7. The Labute approximate surface area is 173 Å². The van der Waals surface area contributed by atoms with Crippen LogP contribution in [0.2, 0.25) is 0 Å². The molecule has 4 rings (SSSR count). The second kappa shape index (κ2) is 7.00. The first-order valence-corrected chi connectivity index (χ1v) is 10.1. The molecule has 0 spiro atoms. The molecule has 1 aromatic carbocycles. The zero-order valence-corrected chi connectivity index (χ0v) is 17.7. The summed E-state index contributed by atoms with van der Waals surface area (Å²) in [5, 5.41) is 1.72. The summed E-state index contributed by atoms with van der Waals surface area (Å²) in [4.78, 5) is 38.6. The van der Waals surface area contributed by atoms with Gasteiger partial charge in [-0.1, -0.05) is 20.8 Å². The van der Waals surface area contributed by atoms with Crippen LogP contribution in [0.15, 0.2) is 32.0 Å². The molecular formula is C23H26N2O5. The van der Waals surface area contributed by atoms with E-state index < -0.39 is 17.6 Å². The lowest BCUT2D eigenvalue weighted by molar-refractivity contribution is -0.136. The number of hydrogen-bond acceptors (Lipinski definition) is 5. The Morgan fingerprint density at radius 2 is 1.93 bits per heavy atom. The number of nitrogens with two attached hydrogens (primary N) is 1. The average molecular weight is 410 g/mol. The largest absolute Gasteiger partial charge is 0.464 e. The summed E-state index contributed by atoms with van der Waals surface area (Å²) < 4.78 is 11.2. The molecule has 0 saturated carbocycles. The number of amides is 2. The highest BCUT2D eigenvalue weighted by Crippen LogP contribution is 2.35. The number of aryl methyl sites for hydroxylation is 1. The van der Waals surface area contributed by atoms with E-state index in [-0.39, 0.29) is 17.7 Å². The Morgan fingerprint density at radius 1 is 1.20 bits per heavy atom. The number of primary amides is 1. The third-order valence-corrected chi connectivity index (χ3v) is 6.02. The summed E-state index contributed by atoms with van der Waals surface area (Å²) in [7, 11) is 0. The lowest BCUT2D eigenvalue weighted by atomic mass is 9.86. The number of carbonyl (C=O) groups is 2. The molecule has 1 unspecified atom stereocenters. The van der Waals surface area contributed by atoms with Gasteiger partial charge in [-0.15, -0.1) is 0 Å². The molecule has 2 N–H and O–H groups in total. The van der Waals surface area contributed by atoms with E-state index in [1.54, 1.807) is 12.3 Å². The van der Waals surface area contributed by atoms with Crippen LogP contribution in [-0.2, 0) is 21.4 Å². The molecule has 0 aliphatic carbocycles. The molecule has 1 aliphatic heterocycles. The van der Waals surface area contributed by atoms with Gasteiger partial charge >= 0.3 is 5.63 Å². The number of nitrogens with zero attached hydrogens (tertiary/aromatic N) is 1. The number of rotatable bonds is 3. The number of carbonyl (C=O) groups excluding carboxylic acids is 2. The summed E-state index contributed by atoms with van der Waals surface area (Å²) in [5.74, 6) is -0.800. The number of benzene rings is 1. The van der Waals surface area contributed by atoms with Gasteiger partial charge in [0.05, 0.1) is 18.2 Å². The number of likely N-dealkylation sites (tertiary alicyclic amines) is 1. The van der Waals surface area contributed by atoms with Crippen LogP contribution < -0.4 is 11.4 Å². The van der Waals surface area contributed by atoms with E-state index in [9.17, 15) is 14.4 Å². The molecule has 2 aromatic heterocycles. The van der Waals surface area contributed by atoms with E-state index in [0.29, 0.717) is 35.3 Å². The fraction of sp³-hybridized carbons (Fsp3) is 0.435. The van der Waals surface area contributed by atoms with Gasteiger partial charge in [0, 0.05) is 28.9 Å². The van der Waals surface area contributed by atoms with Crippen molar-refractivity contribution in [1.82, 2.24) is 4.90 Å². The van der Waals surface area contributed by atoms with Gasteiger partial charge in [-0.25, -0.2) is 4.79 Å². The van der Waals surface area contributed by atoms with Crippen LogP contribution in [0.4, 0.5) is 0 Å². The molecule has 7 nitrogen and oxygen atoms in total. The van der Waals surface area contributed by atoms with Gasteiger partial charge in [0.1, 0.15) is 17.2 Å². The molecule has 3 aromatic rings. The number of hydrogen-bond donors (Lipinski definition) is 1. The first-order valence-electron chi connectivity index (χ1n) is 10.1. The van der Waals surface area contributed by atoms with E-state index in [4.69, 9.17) is 14.6 Å². The minimum atomic E-state index is -0.606. The predicted molar refractivity (Wildman–Crippen MR) is 113 cm³/mol. The molecule has 3 heterocycles. The molecule has 1 fully saturated rings. The smallest absolute Gasteiger partial charge is 0.340 e. The molecule has 30 heavy (non-hydrogen) atoms. The van der Waals surface area contributed by atoms with Crippen molar-refractivity contribution in [2.24, 2.45) is 5.73 Å². The second-order valence-corrected chi connectivity index (χ2v) is 9.06. The lowest BCUT2D eigenvalue weighted by Gasteiger charge is -2.22. The average Bonchev–Trinajstić information content (AvgIpc) is 3.30. The number of fused-ring (bicyclic) bond motifs is 2. The maximum atomic E-state index is 12.8. The SMILES string of the molecule is Cc1c(CC(=O)N2CCCC2C(N)=O)c(=O)oc2cc3occ(C(C)(C)C)c3cc12. The van der Waals surface area contributed by atoms with Crippen molar-refractivity contribution in [3.05, 3.63) is 45.5 Å². The van der Waals surface area contributed by atoms with Crippen LogP contribution in [0.5, 0.6) is 0 Å². The van der Waals surface area contributed by atoms with Gasteiger partial charge in [0.15, 0.2) is 0 Å². The molecule has 7 heteroatoms. The predicted octanol–water partition coefficient (Wildman–Crippen LogP) is 3.16. The zero-order chi connectivity index (χ0) is 21.8. The van der Waals surface area contributed by atoms with E-state index >= 15 is 0 Å². The molecule has 0 bridgehead atoms. The highest BCUT2D eigenvalue weighted by Gasteiger charge is 2.33. The summed E-state index contributed by atoms with van der Waals surface area (Å²) >= 11 is 0. The Hall–Kier alpha value is -3.09. The van der Waals surface area contributed by atoms with Crippen LogP contribution >= 0.6 is 0 Å². The number of furan rings is 1. The van der Waals surface area contributed by atoms with E-state index in [0.717, 1.165) is 22.8 Å². The Morgan fingerprint density at radius 3 is 2.60 bits per heavy atom. The van der Waals surface area contributed by atoms with Crippen molar-refractivity contribution < 1.29 is 18.4 Å². The molecule has 1 atom stereocenters. The molecule has 1 aliphatic rings. The Kier molecular flexibility index (Phi) is 4.71. The second-order valence-electron chi connectivity index (χ2n) is 9.06. The van der Waals surface area contributed by atoms with Crippen molar-refractivity contribution >= 4 is 33.8 Å². The first kappa shape index (κ1) is 20.2. The minimum Gasteiger partial charge on any atom is -0.464 e. The molecule has 2 amide bonds. The van der Waals surface area contributed by atoms with Crippen molar-refractivity contribution in [2.45, 2.75) is 58.4 Å². The molecule has 1 saturated heterocycles. The minimum absolute atomic E-state index is 0.110. The van der Waals surface area contributed by atoms with Crippen LogP contribution in [0.25, 0.3) is 21.9 Å². The van der Waals surface area contributed by atoms with Crippen LogP contribution in [0.1, 0.15) is 50.3 Å². The van der Waals surface area contributed by atoms with Crippen LogP contribution in [0, 0.1) is 6.92 Å². The third kappa shape index (κ3) is 3.28. The maximum Gasteiger partial charge on any atom is 0.340 e. The maximum absolute atomic E-state index is 12.8. The van der Waals surface area contributed by atoms with E-state index in [2.05, 4.69) is 20.8 Å². The van der Waals surface area contributed by atoms with Gasteiger partial charge in [-0.2, -0.15) is 0 Å². The monoisotopic (exact) mass is 410 g/mol. The Bertz CT molecular complexity index is 1230. The highest BCUT2D eigenvalue weighted by atomic mass is 16.4. The highest BCUT2D eigenvalue weighted by molar-refractivity contribution is 5.97.